The topological polar surface area (TPSA) is 312 Å². The second kappa shape index (κ2) is 17.4. The van der Waals surface area contributed by atoms with E-state index in [1.54, 1.807) is 0 Å². The first-order valence-corrected chi connectivity index (χ1v) is 23.8. The molecule has 0 spiro atoms. The Morgan fingerprint density at radius 3 is 2.06 bits per heavy atom. The van der Waals surface area contributed by atoms with Crippen LogP contribution in [0.25, 0.3) is 0 Å². The van der Waals surface area contributed by atoms with Gasteiger partial charge in [-0.2, -0.15) is 0 Å². The van der Waals surface area contributed by atoms with E-state index >= 15 is 0 Å². The van der Waals surface area contributed by atoms with Gasteiger partial charge in [0, 0.05) is 0 Å². The van der Waals surface area contributed by atoms with Crippen molar-refractivity contribution in [1.29, 1.82) is 0 Å². The number of aliphatic carboxylic acids is 1. The largest absolute Gasteiger partial charge is 0.479 e. The summed E-state index contributed by atoms with van der Waals surface area (Å²) in [6.07, 6.45) is -17.6. The van der Waals surface area contributed by atoms with Crippen LogP contribution < -0.4 is 0 Å². The Balaban J connectivity index is 1.05. The molecule has 19 nitrogen and oxygen atoms in total. The van der Waals surface area contributed by atoms with Crippen LogP contribution in [0.1, 0.15) is 106 Å². The third-order valence-corrected chi connectivity index (χ3v) is 18.9. The molecule has 0 aromatic rings. The molecular formula is C47H74O19. The average Bonchev–Trinajstić information content (AvgIpc) is 3.24. The van der Waals surface area contributed by atoms with Gasteiger partial charge in [0.15, 0.2) is 18.7 Å². The third-order valence-electron chi connectivity index (χ3n) is 18.9. The lowest BCUT2D eigenvalue weighted by Crippen LogP contribution is -2.68. The van der Waals surface area contributed by atoms with Crippen LogP contribution in [-0.2, 0) is 38.0 Å². The predicted octanol–water partition coefficient (Wildman–Crippen LogP) is -0.157. The first-order valence-electron chi connectivity index (χ1n) is 23.8. The van der Waals surface area contributed by atoms with Gasteiger partial charge in [-0.1, -0.05) is 60.1 Å². The number of fused-ring (bicyclic) bond motifs is 7. The molecule has 376 valence electrons. The van der Waals surface area contributed by atoms with E-state index in [2.05, 4.69) is 54.5 Å². The van der Waals surface area contributed by atoms with Gasteiger partial charge in [0.2, 0.25) is 6.29 Å². The minimum absolute atomic E-state index is 0.0578. The maximum atomic E-state index is 14.7. The van der Waals surface area contributed by atoms with E-state index in [-0.39, 0.29) is 34.5 Å². The molecular weight excluding hydrogens is 868 g/mol. The highest BCUT2D eigenvalue weighted by Crippen LogP contribution is 2.76. The molecule has 0 radical (unpaired) electrons. The van der Waals surface area contributed by atoms with Crippen LogP contribution in [0.5, 0.6) is 0 Å². The van der Waals surface area contributed by atoms with Gasteiger partial charge in [0.25, 0.3) is 0 Å². The minimum Gasteiger partial charge on any atom is -0.479 e. The van der Waals surface area contributed by atoms with Crippen molar-refractivity contribution < 1.29 is 94.2 Å². The summed E-state index contributed by atoms with van der Waals surface area (Å²) >= 11 is 0. The number of carboxylic acid groups (broad SMARTS) is 1. The number of carboxylic acids is 1. The second-order valence-corrected chi connectivity index (χ2v) is 23.2. The smallest absolute Gasteiger partial charge is 0.335 e. The van der Waals surface area contributed by atoms with Gasteiger partial charge < -0.3 is 84.6 Å². The van der Waals surface area contributed by atoms with Gasteiger partial charge in [0.05, 0.1) is 25.4 Å². The number of hydrogen-bond acceptors (Lipinski definition) is 18. The van der Waals surface area contributed by atoms with Crippen LogP contribution in [0.15, 0.2) is 11.6 Å². The Morgan fingerprint density at radius 1 is 0.712 bits per heavy atom. The van der Waals surface area contributed by atoms with Gasteiger partial charge in [-0.25, -0.2) is 4.79 Å². The maximum absolute atomic E-state index is 14.7. The number of rotatable bonds is 8. The van der Waals surface area contributed by atoms with E-state index in [0.717, 1.165) is 18.4 Å². The fourth-order valence-corrected chi connectivity index (χ4v) is 14.8. The van der Waals surface area contributed by atoms with Crippen molar-refractivity contribution in [2.45, 2.75) is 204 Å². The van der Waals surface area contributed by atoms with Crippen LogP contribution in [0.2, 0.25) is 0 Å². The SMILES string of the molecule is CC1(C)CC[C@]2(C(=O)O[C@@H]3O[C@H](CO)[C@@H](O)[C@H](O)[C@H]3O)[C@H](O)C[C@]3(C)C(=CC[C@@H]4[C@@]5(C)CC[C@H](O[C@@H]6O[C@H](C(=O)O)[C@@H](O)[C@H](O[C@@H]7OC[C@H](O)[C@H](O)[C@H]7O)[C@H]6O)C(C)(C)[C@@H]5CC[C@]43C)[C@H]2C1. The fraction of sp³-hybridized carbons (Fsp3) is 0.915. The molecule has 0 amide bonds. The summed E-state index contributed by atoms with van der Waals surface area (Å²) in [5.41, 5.74) is -2.23. The van der Waals surface area contributed by atoms with Gasteiger partial charge in [-0.05, 0) is 103 Å². The fourth-order valence-electron chi connectivity index (χ4n) is 14.8. The molecule has 8 rings (SSSR count). The zero-order chi connectivity index (χ0) is 48.4. The Morgan fingerprint density at radius 2 is 1.39 bits per heavy atom. The maximum Gasteiger partial charge on any atom is 0.335 e. The van der Waals surface area contributed by atoms with Crippen molar-refractivity contribution in [3.63, 3.8) is 0 Å². The molecule has 11 N–H and O–H groups in total. The van der Waals surface area contributed by atoms with Crippen LogP contribution >= 0.6 is 0 Å². The predicted molar refractivity (Wildman–Crippen MR) is 226 cm³/mol. The van der Waals surface area contributed by atoms with Crippen molar-refractivity contribution in [2.24, 2.45) is 50.2 Å². The van der Waals surface area contributed by atoms with E-state index in [9.17, 15) is 65.8 Å². The normalized spacial score (nSPS) is 53.2. The van der Waals surface area contributed by atoms with Crippen molar-refractivity contribution in [2.75, 3.05) is 13.2 Å². The standard InChI is InChI=1S/C47H74O19/c1-42(2)14-15-47(41(60)66-39-32(55)30(53)29(52)23(18-48)62-39)21(16-42)20-8-9-25-44(5)12-11-27(43(3,4)24(44)10-13-45(25,6)46(20,7)17-26(47)50)63-40-34(57)35(33(56)36(65-40)37(58)59)64-38-31(54)28(51)22(49)19-61-38/h8,21-36,38-40,48-57H,9-19H2,1-7H3,(H,58,59)/t21-,22+,23-,24+,25-,26-,27+,28+,29-,30+,31-,32-,33+,34-,35+,36+,38+,39+,40-,44+,45-,46-,47-/m1/s1. The summed E-state index contributed by atoms with van der Waals surface area (Å²) in [4.78, 5) is 27.1. The van der Waals surface area contributed by atoms with Crippen molar-refractivity contribution >= 4 is 11.9 Å². The van der Waals surface area contributed by atoms with Gasteiger partial charge >= 0.3 is 11.9 Å². The molecule has 0 bridgehead atoms. The molecule has 4 saturated carbocycles. The Kier molecular flexibility index (Phi) is 13.3. The summed E-state index contributed by atoms with van der Waals surface area (Å²) in [6, 6.07) is 0. The Labute approximate surface area is 385 Å². The number of allylic oxidation sites excluding steroid dienone is 2. The summed E-state index contributed by atoms with van der Waals surface area (Å²) in [5.74, 6) is -2.54. The molecule has 5 aliphatic carbocycles. The van der Waals surface area contributed by atoms with E-state index in [0.29, 0.717) is 38.5 Å². The van der Waals surface area contributed by atoms with Crippen LogP contribution in [0.3, 0.4) is 0 Å². The lowest BCUT2D eigenvalue weighted by atomic mass is 9.33. The monoisotopic (exact) mass is 942 g/mol. The molecule has 7 fully saturated rings. The quantitative estimate of drug-likeness (QED) is 0.0856. The molecule has 66 heavy (non-hydrogen) atoms. The number of carbonyl (C=O) groups is 2. The molecule has 3 aliphatic heterocycles. The summed E-state index contributed by atoms with van der Waals surface area (Å²) < 4.78 is 34.9. The number of hydrogen-bond donors (Lipinski definition) is 11. The highest BCUT2D eigenvalue weighted by molar-refractivity contribution is 5.80. The first-order chi connectivity index (χ1) is 30.7. The molecule has 0 unspecified atom stereocenters. The van der Waals surface area contributed by atoms with Gasteiger partial charge in [-0.15, -0.1) is 0 Å². The Bertz CT molecular complexity index is 1860. The number of aliphatic hydroxyl groups is 10. The first kappa shape index (κ1) is 50.5. The molecule has 3 heterocycles. The number of esters is 1. The van der Waals surface area contributed by atoms with Gasteiger partial charge in [0.1, 0.15) is 66.5 Å². The highest BCUT2D eigenvalue weighted by Gasteiger charge is 2.72. The molecule has 0 aromatic carbocycles. The number of carbonyl (C=O) groups excluding carboxylic acids is 1. The van der Waals surface area contributed by atoms with Crippen molar-refractivity contribution in [3.05, 3.63) is 11.6 Å². The summed E-state index contributed by atoms with van der Waals surface area (Å²) in [5, 5.41) is 117. The lowest BCUT2D eigenvalue weighted by molar-refractivity contribution is -0.357. The Hall–Kier alpha value is -1.92. The van der Waals surface area contributed by atoms with Crippen LogP contribution in [0.4, 0.5) is 0 Å². The van der Waals surface area contributed by atoms with Gasteiger partial charge in [-0.3, -0.25) is 4.79 Å². The molecule has 19 heteroatoms. The van der Waals surface area contributed by atoms with Crippen LogP contribution in [0, 0.1) is 50.2 Å². The number of aliphatic hydroxyl groups excluding tert-OH is 10. The molecule has 3 saturated heterocycles. The zero-order valence-electron chi connectivity index (χ0n) is 39.0. The van der Waals surface area contributed by atoms with E-state index < -0.39 is 146 Å². The molecule has 0 aromatic heterocycles. The summed E-state index contributed by atoms with van der Waals surface area (Å²) in [6.45, 7) is 14.3. The van der Waals surface area contributed by atoms with Crippen LogP contribution in [-0.4, -0.2) is 180 Å². The molecule has 23 atom stereocenters. The zero-order valence-corrected chi connectivity index (χ0v) is 39.0. The van der Waals surface area contributed by atoms with Crippen molar-refractivity contribution in [3.8, 4) is 0 Å². The average molecular weight is 943 g/mol. The van der Waals surface area contributed by atoms with Crippen molar-refractivity contribution in [1.82, 2.24) is 0 Å². The third kappa shape index (κ3) is 7.64. The highest BCUT2D eigenvalue weighted by atomic mass is 16.7. The second-order valence-electron chi connectivity index (χ2n) is 23.2. The minimum atomic E-state index is -1.92. The summed E-state index contributed by atoms with van der Waals surface area (Å²) in [7, 11) is 0. The van der Waals surface area contributed by atoms with E-state index in [4.69, 9.17) is 28.4 Å². The van der Waals surface area contributed by atoms with E-state index in [1.165, 1.54) is 0 Å². The number of ether oxygens (including phenoxy) is 6. The van der Waals surface area contributed by atoms with E-state index in [1.807, 2.05) is 0 Å². The lowest BCUT2D eigenvalue weighted by Gasteiger charge is -2.71. The molecule has 8 aliphatic rings.